The molecule has 0 aliphatic carbocycles. The van der Waals surface area contributed by atoms with Crippen LogP contribution in [0.1, 0.15) is 5.56 Å². The van der Waals surface area contributed by atoms with Gasteiger partial charge in [0, 0.05) is 12.6 Å². The van der Waals surface area contributed by atoms with Crippen LogP contribution in [0, 0.1) is 0 Å². The Balaban J connectivity index is 1.76. The Bertz CT molecular complexity index is 722. The van der Waals surface area contributed by atoms with Crippen LogP contribution in [0.5, 0.6) is 0 Å². The maximum atomic E-state index is 5.25. The number of anilines is 1. The van der Waals surface area contributed by atoms with Gasteiger partial charge in [-0.3, -0.25) is 0 Å². The molecule has 2 aromatic carbocycles. The molecule has 5 nitrogen and oxygen atoms in total. The molecule has 1 aromatic heterocycles. The second-order valence-electron chi connectivity index (χ2n) is 4.44. The van der Waals surface area contributed by atoms with Crippen molar-refractivity contribution < 1.29 is 4.52 Å². The summed E-state index contributed by atoms with van der Waals surface area (Å²) in [5, 5.41) is 9.80. The van der Waals surface area contributed by atoms with Gasteiger partial charge in [0.05, 0.1) is 6.21 Å². The first kappa shape index (κ1) is 13.1. The van der Waals surface area contributed by atoms with E-state index >= 15 is 0 Å². The van der Waals surface area contributed by atoms with Gasteiger partial charge < -0.3 is 4.52 Å². The topological polar surface area (TPSA) is 54.5 Å². The molecule has 0 aliphatic heterocycles. The number of aromatic nitrogens is 2. The van der Waals surface area contributed by atoms with Crippen LogP contribution in [-0.2, 0) is 0 Å². The van der Waals surface area contributed by atoms with Crippen molar-refractivity contribution in [3.8, 4) is 11.5 Å². The van der Waals surface area contributed by atoms with Crippen LogP contribution < -0.4 is 5.01 Å². The summed E-state index contributed by atoms with van der Waals surface area (Å²) in [7, 11) is 1.78. The summed E-state index contributed by atoms with van der Waals surface area (Å²) in [5.41, 5.74) is 1.90. The van der Waals surface area contributed by atoms with E-state index in [1.807, 2.05) is 60.7 Å². The standard InChI is InChI=1S/C16H14N4O/c1-20(17-12-13-8-4-2-5-9-13)16-18-15(21-19-16)14-10-6-3-7-11-14/h2-12H,1H3/b17-12+. The molecular weight excluding hydrogens is 264 g/mol. The largest absolute Gasteiger partial charge is 0.332 e. The molecule has 0 atom stereocenters. The van der Waals surface area contributed by atoms with E-state index in [2.05, 4.69) is 15.2 Å². The minimum Gasteiger partial charge on any atom is -0.332 e. The lowest BCUT2D eigenvalue weighted by atomic mass is 10.2. The molecular formula is C16H14N4O. The molecule has 104 valence electrons. The van der Waals surface area contributed by atoms with E-state index in [1.165, 1.54) is 0 Å². The Kier molecular flexibility index (Phi) is 3.73. The fraction of sp³-hybridized carbons (Fsp3) is 0.0625. The van der Waals surface area contributed by atoms with Gasteiger partial charge in [0.15, 0.2) is 0 Å². The quantitative estimate of drug-likeness (QED) is 0.543. The van der Waals surface area contributed by atoms with Gasteiger partial charge in [0.1, 0.15) is 0 Å². The third kappa shape index (κ3) is 3.14. The van der Waals surface area contributed by atoms with Crippen LogP contribution in [0.3, 0.4) is 0 Å². The molecule has 0 amide bonds. The van der Waals surface area contributed by atoms with Crippen molar-refractivity contribution in [1.82, 2.24) is 10.1 Å². The Hall–Kier alpha value is -2.95. The van der Waals surface area contributed by atoms with E-state index in [1.54, 1.807) is 18.3 Å². The lowest BCUT2D eigenvalue weighted by Gasteiger charge is -2.05. The van der Waals surface area contributed by atoms with Gasteiger partial charge in [0.25, 0.3) is 11.8 Å². The lowest BCUT2D eigenvalue weighted by molar-refractivity contribution is 0.430. The summed E-state index contributed by atoms with van der Waals surface area (Å²) in [6, 6.07) is 19.5. The van der Waals surface area contributed by atoms with Crippen molar-refractivity contribution in [3.63, 3.8) is 0 Å². The summed E-state index contributed by atoms with van der Waals surface area (Å²) in [5.74, 6) is 0.897. The smallest absolute Gasteiger partial charge is 0.286 e. The average Bonchev–Trinajstić information content (AvgIpc) is 3.04. The SMILES string of the molecule is CN(/N=C/c1ccccc1)c1noc(-c2ccccc2)n1. The fourth-order valence-corrected chi connectivity index (χ4v) is 1.79. The van der Waals surface area contributed by atoms with Gasteiger partial charge in [-0.05, 0) is 22.9 Å². The van der Waals surface area contributed by atoms with E-state index in [-0.39, 0.29) is 0 Å². The van der Waals surface area contributed by atoms with Crippen molar-refractivity contribution in [2.45, 2.75) is 0 Å². The van der Waals surface area contributed by atoms with Gasteiger partial charge in [0.2, 0.25) is 0 Å². The minimum absolute atomic E-state index is 0.418. The van der Waals surface area contributed by atoms with Crippen molar-refractivity contribution in [3.05, 3.63) is 66.2 Å². The highest BCUT2D eigenvalue weighted by Crippen LogP contribution is 2.19. The van der Waals surface area contributed by atoms with Crippen molar-refractivity contribution in [1.29, 1.82) is 0 Å². The van der Waals surface area contributed by atoms with E-state index in [4.69, 9.17) is 4.52 Å². The predicted molar refractivity (Wildman–Crippen MR) is 82.2 cm³/mol. The van der Waals surface area contributed by atoms with Crippen LogP contribution in [0.2, 0.25) is 0 Å². The normalized spacial score (nSPS) is 10.9. The van der Waals surface area contributed by atoms with Gasteiger partial charge in [-0.1, -0.05) is 48.5 Å². The second kappa shape index (κ2) is 6.00. The summed E-state index contributed by atoms with van der Waals surface area (Å²) in [6.07, 6.45) is 1.75. The second-order valence-corrected chi connectivity index (χ2v) is 4.44. The van der Waals surface area contributed by atoms with Crippen LogP contribution in [0.15, 0.2) is 70.3 Å². The number of nitrogens with zero attached hydrogens (tertiary/aromatic N) is 4. The molecule has 0 saturated heterocycles. The Morgan fingerprint density at radius 2 is 1.67 bits per heavy atom. The van der Waals surface area contributed by atoms with Crippen molar-refractivity contribution in [2.24, 2.45) is 5.10 Å². The van der Waals surface area contributed by atoms with E-state index < -0.39 is 0 Å². The molecule has 3 aromatic rings. The molecule has 21 heavy (non-hydrogen) atoms. The molecule has 0 aliphatic rings. The third-order valence-electron chi connectivity index (χ3n) is 2.91. The van der Waals surface area contributed by atoms with Crippen LogP contribution >= 0.6 is 0 Å². The highest BCUT2D eigenvalue weighted by Gasteiger charge is 2.10. The van der Waals surface area contributed by atoms with Gasteiger partial charge in [-0.15, -0.1) is 0 Å². The number of hydrogen-bond donors (Lipinski definition) is 0. The Morgan fingerprint density at radius 3 is 2.38 bits per heavy atom. The molecule has 0 radical (unpaired) electrons. The molecule has 0 fully saturated rings. The highest BCUT2D eigenvalue weighted by molar-refractivity contribution is 5.80. The zero-order valence-electron chi connectivity index (χ0n) is 11.5. The fourth-order valence-electron chi connectivity index (χ4n) is 1.79. The number of rotatable bonds is 4. The zero-order valence-corrected chi connectivity index (χ0v) is 11.5. The van der Waals surface area contributed by atoms with Gasteiger partial charge in [-0.25, -0.2) is 5.01 Å². The first-order chi connectivity index (χ1) is 10.3. The molecule has 0 unspecified atom stereocenters. The predicted octanol–water partition coefficient (Wildman–Crippen LogP) is 3.21. The number of hydrazone groups is 1. The third-order valence-corrected chi connectivity index (χ3v) is 2.91. The molecule has 3 rings (SSSR count). The first-order valence-corrected chi connectivity index (χ1v) is 6.55. The van der Waals surface area contributed by atoms with Gasteiger partial charge >= 0.3 is 0 Å². The lowest BCUT2D eigenvalue weighted by Crippen LogP contribution is -2.10. The molecule has 0 N–H and O–H groups in total. The summed E-state index contributed by atoms with van der Waals surface area (Å²) in [6.45, 7) is 0. The number of hydrogen-bond acceptors (Lipinski definition) is 5. The van der Waals surface area contributed by atoms with Crippen LogP contribution in [0.25, 0.3) is 11.5 Å². The Labute approximate surface area is 122 Å². The molecule has 1 heterocycles. The minimum atomic E-state index is 0.418. The van der Waals surface area contributed by atoms with E-state index in [9.17, 15) is 0 Å². The molecule has 0 saturated carbocycles. The molecule has 0 bridgehead atoms. The zero-order chi connectivity index (χ0) is 14.5. The van der Waals surface area contributed by atoms with Crippen molar-refractivity contribution in [2.75, 3.05) is 12.1 Å². The summed E-state index contributed by atoms with van der Waals surface area (Å²) >= 11 is 0. The van der Waals surface area contributed by atoms with Crippen LogP contribution in [0.4, 0.5) is 5.95 Å². The Morgan fingerprint density at radius 1 is 1.00 bits per heavy atom. The maximum absolute atomic E-state index is 5.25. The van der Waals surface area contributed by atoms with E-state index in [0.717, 1.165) is 11.1 Å². The molecule has 5 heteroatoms. The summed E-state index contributed by atoms with van der Waals surface area (Å²) in [4.78, 5) is 4.33. The first-order valence-electron chi connectivity index (χ1n) is 6.55. The van der Waals surface area contributed by atoms with Crippen molar-refractivity contribution >= 4 is 12.2 Å². The maximum Gasteiger partial charge on any atom is 0.286 e. The van der Waals surface area contributed by atoms with E-state index in [0.29, 0.717) is 11.8 Å². The summed E-state index contributed by atoms with van der Waals surface area (Å²) < 4.78 is 5.25. The highest BCUT2D eigenvalue weighted by atomic mass is 16.5. The monoisotopic (exact) mass is 278 g/mol. The number of benzene rings is 2. The molecule has 0 spiro atoms. The van der Waals surface area contributed by atoms with Crippen LogP contribution in [-0.4, -0.2) is 23.4 Å². The van der Waals surface area contributed by atoms with Gasteiger partial charge in [-0.2, -0.15) is 10.1 Å². The average molecular weight is 278 g/mol.